The molecule has 0 spiro atoms. The first-order valence-electron chi connectivity index (χ1n) is 3.99. The van der Waals surface area contributed by atoms with E-state index in [0.29, 0.717) is 6.54 Å². The highest BCUT2D eigenvalue weighted by molar-refractivity contribution is 4.88. The third-order valence-corrected chi connectivity index (χ3v) is 1.50. The Morgan fingerprint density at radius 2 is 2.00 bits per heavy atom. The Morgan fingerprint density at radius 1 is 1.42 bits per heavy atom. The van der Waals surface area contributed by atoms with Crippen LogP contribution in [0.1, 0.15) is 25.5 Å². The zero-order chi connectivity index (χ0) is 9.35. The molecule has 1 heterocycles. The highest BCUT2D eigenvalue weighted by Crippen LogP contribution is 2.06. The van der Waals surface area contributed by atoms with Gasteiger partial charge in [-0.1, -0.05) is 0 Å². The summed E-state index contributed by atoms with van der Waals surface area (Å²) in [7, 11) is 0. The molecule has 0 aliphatic heterocycles. The molecule has 1 aromatic heterocycles. The van der Waals surface area contributed by atoms with Crippen LogP contribution in [-0.4, -0.2) is 25.5 Å². The molecule has 0 aromatic carbocycles. The topological polar surface area (TPSA) is 50.9 Å². The van der Waals surface area contributed by atoms with Crippen molar-refractivity contribution in [3.8, 4) is 0 Å². The molecule has 1 aromatic rings. The summed E-state index contributed by atoms with van der Waals surface area (Å²) in [6.45, 7) is 7.71. The van der Waals surface area contributed by atoms with Crippen molar-refractivity contribution in [2.45, 2.75) is 39.8 Å². The fourth-order valence-electron chi connectivity index (χ4n) is 1.08. The summed E-state index contributed by atoms with van der Waals surface area (Å²) < 4.78 is 1.72. The van der Waals surface area contributed by atoms with Crippen LogP contribution in [0.3, 0.4) is 0 Å². The van der Waals surface area contributed by atoms with Gasteiger partial charge in [0.1, 0.15) is 11.6 Å². The highest BCUT2D eigenvalue weighted by Gasteiger charge is 2.15. The molecule has 12 heavy (non-hydrogen) atoms. The Hall–Kier alpha value is -0.900. The minimum Gasteiger partial charge on any atom is -0.389 e. The van der Waals surface area contributed by atoms with Gasteiger partial charge in [-0.05, 0) is 27.7 Å². The molecule has 0 fully saturated rings. The van der Waals surface area contributed by atoms with Gasteiger partial charge < -0.3 is 5.11 Å². The molecule has 0 aliphatic rings. The van der Waals surface area contributed by atoms with Crippen molar-refractivity contribution in [2.24, 2.45) is 0 Å². The summed E-state index contributed by atoms with van der Waals surface area (Å²) in [6, 6.07) is 0. The largest absolute Gasteiger partial charge is 0.389 e. The van der Waals surface area contributed by atoms with Crippen LogP contribution < -0.4 is 0 Å². The summed E-state index contributed by atoms with van der Waals surface area (Å²) >= 11 is 0. The number of aryl methyl sites for hydroxylation is 2. The number of rotatable bonds is 2. The van der Waals surface area contributed by atoms with Crippen LogP contribution in [0.25, 0.3) is 0 Å². The Bertz CT molecular complexity index is 272. The summed E-state index contributed by atoms with van der Waals surface area (Å²) in [5.41, 5.74) is -0.731. The molecule has 4 heteroatoms. The summed E-state index contributed by atoms with van der Waals surface area (Å²) in [4.78, 5) is 4.14. The monoisotopic (exact) mass is 169 g/mol. The predicted octanol–water partition coefficient (Wildman–Crippen LogP) is 0.666. The van der Waals surface area contributed by atoms with Gasteiger partial charge in [-0.2, -0.15) is 5.10 Å². The lowest BCUT2D eigenvalue weighted by molar-refractivity contribution is 0.0568. The average Bonchev–Trinajstić information content (AvgIpc) is 2.06. The maximum absolute atomic E-state index is 9.52. The maximum atomic E-state index is 9.52. The Kier molecular flexibility index (Phi) is 2.19. The minimum atomic E-state index is -0.731. The van der Waals surface area contributed by atoms with E-state index in [0.717, 1.165) is 11.6 Å². The van der Waals surface area contributed by atoms with E-state index in [1.54, 1.807) is 18.5 Å². The average molecular weight is 169 g/mol. The highest BCUT2D eigenvalue weighted by atomic mass is 16.3. The standard InChI is InChI=1S/C8H15N3O/c1-6-9-7(2)11(10-6)5-8(3,4)12/h12H,5H2,1-4H3. The minimum absolute atomic E-state index is 0.486. The van der Waals surface area contributed by atoms with E-state index in [1.165, 1.54) is 0 Å². The van der Waals surface area contributed by atoms with Crippen molar-refractivity contribution < 1.29 is 5.11 Å². The van der Waals surface area contributed by atoms with Gasteiger partial charge in [0.2, 0.25) is 0 Å². The third-order valence-electron chi connectivity index (χ3n) is 1.50. The number of aliphatic hydroxyl groups is 1. The number of aromatic nitrogens is 3. The molecular weight excluding hydrogens is 154 g/mol. The molecule has 68 valence electrons. The summed E-state index contributed by atoms with van der Waals surface area (Å²) in [5.74, 6) is 1.59. The fourth-order valence-corrected chi connectivity index (χ4v) is 1.08. The molecule has 0 atom stereocenters. The maximum Gasteiger partial charge on any atom is 0.147 e. The van der Waals surface area contributed by atoms with Crippen molar-refractivity contribution in [3.63, 3.8) is 0 Å². The van der Waals surface area contributed by atoms with Crippen LogP contribution in [0.2, 0.25) is 0 Å². The van der Waals surface area contributed by atoms with Crippen molar-refractivity contribution >= 4 is 0 Å². The van der Waals surface area contributed by atoms with E-state index >= 15 is 0 Å². The molecule has 0 saturated heterocycles. The molecule has 1 N–H and O–H groups in total. The molecule has 0 aliphatic carbocycles. The summed E-state index contributed by atoms with van der Waals surface area (Å²) in [6.07, 6.45) is 0. The van der Waals surface area contributed by atoms with Gasteiger partial charge in [-0.3, -0.25) is 0 Å². The fraction of sp³-hybridized carbons (Fsp3) is 0.750. The quantitative estimate of drug-likeness (QED) is 0.707. The SMILES string of the molecule is Cc1nc(C)n(CC(C)(C)O)n1. The van der Waals surface area contributed by atoms with Gasteiger partial charge in [0.15, 0.2) is 0 Å². The third kappa shape index (κ3) is 2.30. The van der Waals surface area contributed by atoms with Crippen molar-refractivity contribution in [1.29, 1.82) is 0 Å². The van der Waals surface area contributed by atoms with Crippen molar-refractivity contribution in [1.82, 2.24) is 14.8 Å². The second-order valence-electron chi connectivity index (χ2n) is 3.68. The van der Waals surface area contributed by atoms with Crippen LogP contribution >= 0.6 is 0 Å². The molecule has 0 amide bonds. The van der Waals surface area contributed by atoms with Crippen LogP contribution in [0, 0.1) is 13.8 Å². The first-order valence-corrected chi connectivity index (χ1v) is 3.99. The van der Waals surface area contributed by atoms with Crippen LogP contribution in [0.15, 0.2) is 0 Å². The van der Waals surface area contributed by atoms with Crippen LogP contribution in [0.4, 0.5) is 0 Å². The van der Waals surface area contributed by atoms with Crippen molar-refractivity contribution in [2.75, 3.05) is 0 Å². The van der Waals surface area contributed by atoms with Crippen molar-refractivity contribution in [3.05, 3.63) is 11.6 Å². The Balaban J connectivity index is 2.82. The van der Waals surface area contributed by atoms with E-state index in [4.69, 9.17) is 0 Å². The predicted molar refractivity (Wildman–Crippen MR) is 45.8 cm³/mol. The Labute approximate surface area is 72.2 Å². The van der Waals surface area contributed by atoms with E-state index in [-0.39, 0.29) is 0 Å². The van der Waals surface area contributed by atoms with Gasteiger partial charge in [0, 0.05) is 0 Å². The zero-order valence-electron chi connectivity index (χ0n) is 8.00. The molecule has 0 unspecified atom stereocenters. The van der Waals surface area contributed by atoms with Gasteiger partial charge in [-0.25, -0.2) is 9.67 Å². The van der Waals surface area contributed by atoms with Gasteiger partial charge in [-0.15, -0.1) is 0 Å². The normalized spacial score (nSPS) is 12.1. The number of hydrogen-bond donors (Lipinski definition) is 1. The second-order valence-corrected chi connectivity index (χ2v) is 3.68. The zero-order valence-corrected chi connectivity index (χ0v) is 8.00. The second kappa shape index (κ2) is 2.86. The lowest BCUT2D eigenvalue weighted by Crippen LogP contribution is -2.27. The lowest BCUT2D eigenvalue weighted by Gasteiger charge is -2.16. The first-order chi connectivity index (χ1) is 5.38. The van der Waals surface area contributed by atoms with E-state index < -0.39 is 5.60 Å². The van der Waals surface area contributed by atoms with Crippen LogP contribution in [0.5, 0.6) is 0 Å². The smallest absolute Gasteiger partial charge is 0.147 e. The van der Waals surface area contributed by atoms with E-state index in [9.17, 15) is 5.11 Å². The first kappa shape index (κ1) is 9.19. The molecular formula is C8H15N3O. The van der Waals surface area contributed by atoms with Gasteiger partial charge in [0.25, 0.3) is 0 Å². The van der Waals surface area contributed by atoms with Crippen LogP contribution in [-0.2, 0) is 6.54 Å². The lowest BCUT2D eigenvalue weighted by atomic mass is 10.1. The van der Waals surface area contributed by atoms with E-state index in [1.807, 2.05) is 13.8 Å². The molecule has 0 radical (unpaired) electrons. The molecule has 0 bridgehead atoms. The van der Waals surface area contributed by atoms with Gasteiger partial charge in [0.05, 0.1) is 12.1 Å². The van der Waals surface area contributed by atoms with Gasteiger partial charge >= 0.3 is 0 Å². The molecule has 0 saturated carbocycles. The molecule has 1 rings (SSSR count). The van der Waals surface area contributed by atoms with E-state index in [2.05, 4.69) is 10.1 Å². The molecule has 4 nitrogen and oxygen atoms in total. The summed E-state index contributed by atoms with van der Waals surface area (Å²) in [5, 5.41) is 13.7. The number of hydrogen-bond acceptors (Lipinski definition) is 3. The Morgan fingerprint density at radius 3 is 2.33 bits per heavy atom. The number of nitrogens with zero attached hydrogens (tertiary/aromatic N) is 3.